The number of rotatable bonds is 4. The highest BCUT2D eigenvalue weighted by Gasteiger charge is 2.39. The van der Waals surface area contributed by atoms with Crippen molar-refractivity contribution >= 4 is 11.8 Å². The molecule has 4 heteroatoms. The summed E-state index contributed by atoms with van der Waals surface area (Å²) >= 11 is 0. The normalized spacial score (nSPS) is 22.0. The maximum absolute atomic E-state index is 12.6. The molecule has 1 saturated heterocycles. The van der Waals surface area contributed by atoms with Crippen molar-refractivity contribution in [2.45, 2.75) is 52.6 Å². The number of aryl methyl sites for hydroxylation is 1. The molecule has 0 saturated carbocycles. The maximum atomic E-state index is 12.6. The van der Waals surface area contributed by atoms with Gasteiger partial charge in [0.1, 0.15) is 0 Å². The number of nitrogens with one attached hydrogen (secondary N) is 1. The quantitative estimate of drug-likeness (QED) is 0.930. The van der Waals surface area contributed by atoms with E-state index in [0.717, 1.165) is 5.56 Å². The molecule has 0 radical (unpaired) electrons. The van der Waals surface area contributed by atoms with Crippen LogP contribution in [0, 0.1) is 12.8 Å². The number of carbonyl (C=O) groups is 2. The molecule has 4 nitrogen and oxygen atoms in total. The van der Waals surface area contributed by atoms with Gasteiger partial charge in [-0.15, -0.1) is 0 Å². The zero-order valence-corrected chi connectivity index (χ0v) is 13.9. The van der Waals surface area contributed by atoms with Crippen molar-refractivity contribution in [1.82, 2.24) is 10.2 Å². The molecule has 0 unspecified atom stereocenters. The van der Waals surface area contributed by atoms with Gasteiger partial charge in [0.05, 0.1) is 12.0 Å². The first-order chi connectivity index (χ1) is 10.4. The second-order valence-corrected chi connectivity index (χ2v) is 6.34. The van der Waals surface area contributed by atoms with Crippen molar-refractivity contribution in [1.29, 1.82) is 0 Å². The number of piperidine rings is 1. The van der Waals surface area contributed by atoms with Crippen LogP contribution in [0.4, 0.5) is 0 Å². The first-order valence-corrected chi connectivity index (χ1v) is 8.10. The average Bonchev–Trinajstić information content (AvgIpc) is 2.47. The molecule has 1 N–H and O–H groups in total. The van der Waals surface area contributed by atoms with Gasteiger partial charge in [-0.1, -0.05) is 29.8 Å². The Kier molecular flexibility index (Phi) is 5.22. The number of likely N-dealkylation sites (tertiary alicyclic amines) is 1. The van der Waals surface area contributed by atoms with Gasteiger partial charge in [0.15, 0.2) is 0 Å². The van der Waals surface area contributed by atoms with Crippen LogP contribution in [0.5, 0.6) is 0 Å². The number of benzene rings is 1. The van der Waals surface area contributed by atoms with Gasteiger partial charge in [-0.25, -0.2) is 0 Å². The molecular weight excluding hydrogens is 276 g/mol. The standard InChI is InChI=1S/C18H26N2O2/c1-5-20-16(21)11-10-15(18(22)19-12(2)3)17(20)14-8-6-13(4)7-9-14/h6-9,12,15,17H,5,10-11H2,1-4H3,(H,19,22)/t15-,17+/m1/s1. The number of hydrogen-bond donors (Lipinski definition) is 1. The second-order valence-electron chi connectivity index (χ2n) is 6.34. The van der Waals surface area contributed by atoms with Crippen molar-refractivity contribution in [3.05, 3.63) is 35.4 Å². The molecule has 120 valence electrons. The molecule has 0 bridgehead atoms. The Morgan fingerprint density at radius 3 is 2.50 bits per heavy atom. The van der Waals surface area contributed by atoms with Gasteiger partial charge in [-0.3, -0.25) is 9.59 Å². The summed E-state index contributed by atoms with van der Waals surface area (Å²) in [6, 6.07) is 8.11. The van der Waals surface area contributed by atoms with Gasteiger partial charge in [0.25, 0.3) is 0 Å². The number of carbonyl (C=O) groups excluding carboxylic acids is 2. The largest absolute Gasteiger partial charge is 0.354 e. The fourth-order valence-corrected chi connectivity index (χ4v) is 3.17. The van der Waals surface area contributed by atoms with Crippen molar-refractivity contribution in [2.24, 2.45) is 5.92 Å². The zero-order chi connectivity index (χ0) is 16.3. The van der Waals surface area contributed by atoms with E-state index in [-0.39, 0.29) is 29.8 Å². The third-order valence-corrected chi connectivity index (χ3v) is 4.23. The van der Waals surface area contributed by atoms with Gasteiger partial charge >= 0.3 is 0 Å². The first kappa shape index (κ1) is 16.5. The topological polar surface area (TPSA) is 49.4 Å². The molecule has 1 heterocycles. The summed E-state index contributed by atoms with van der Waals surface area (Å²) in [7, 11) is 0. The molecule has 0 aromatic heterocycles. The van der Waals surface area contributed by atoms with Gasteiger partial charge in [-0.2, -0.15) is 0 Å². The summed E-state index contributed by atoms with van der Waals surface area (Å²) in [5.74, 6) is 0.0101. The molecule has 2 amide bonds. The first-order valence-electron chi connectivity index (χ1n) is 8.10. The third kappa shape index (κ3) is 3.49. The van der Waals surface area contributed by atoms with E-state index in [9.17, 15) is 9.59 Å². The Labute approximate surface area is 132 Å². The summed E-state index contributed by atoms with van der Waals surface area (Å²) in [4.78, 5) is 26.7. The highest BCUT2D eigenvalue weighted by Crippen LogP contribution is 2.36. The van der Waals surface area contributed by atoms with E-state index in [1.807, 2.05) is 56.9 Å². The average molecular weight is 302 g/mol. The van der Waals surface area contributed by atoms with Crippen molar-refractivity contribution < 1.29 is 9.59 Å². The minimum Gasteiger partial charge on any atom is -0.354 e. The van der Waals surface area contributed by atoms with E-state index in [4.69, 9.17) is 0 Å². The van der Waals surface area contributed by atoms with E-state index in [0.29, 0.717) is 19.4 Å². The number of nitrogens with zero attached hydrogens (tertiary/aromatic N) is 1. The van der Waals surface area contributed by atoms with Crippen LogP contribution in [0.2, 0.25) is 0 Å². The molecule has 1 aromatic carbocycles. The lowest BCUT2D eigenvalue weighted by atomic mass is 9.83. The van der Waals surface area contributed by atoms with Crippen LogP contribution in [-0.2, 0) is 9.59 Å². The number of amides is 2. The molecule has 1 aliphatic rings. The van der Waals surface area contributed by atoms with E-state index >= 15 is 0 Å². The van der Waals surface area contributed by atoms with Crippen molar-refractivity contribution in [3.63, 3.8) is 0 Å². The van der Waals surface area contributed by atoms with E-state index in [1.54, 1.807) is 0 Å². The van der Waals surface area contributed by atoms with E-state index in [2.05, 4.69) is 5.32 Å². The summed E-state index contributed by atoms with van der Waals surface area (Å²) in [5.41, 5.74) is 2.22. The van der Waals surface area contributed by atoms with Crippen LogP contribution in [0.1, 0.15) is 50.8 Å². The van der Waals surface area contributed by atoms with Gasteiger partial charge in [0.2, 0.25) is 11.8 Å². The predicted octanol–water partition coefficient (Wildman–Crippen LogP) is 2.82. The highest BCUT2D eigenvalue weighted by atomic mass is 16.2. The Balaban J connectivity index is 2.35. The molecule has 1 aliphatic heterocycles. The monoisotopic (exact) mass is 302 g/mol. The molecule has 22 heavy (non-hydrogen) atoms. The predicted molar refractivity (Wildman–Crippen MR) is 87.3 cm³/mol. The van der Waals surface area contributed by atoms with Crippen molar-refractivity contribution in [2.75, 3.05) is 6.54 Å². The van der Waals surface area contributed by atoms with Crippen LogP contribution in [0.25, 0.3) is 0 Å². The van der Waals surface area contributed by atoms with Crippen LogP contribution >= 0.6 is 0 Å². The lowest BCUT2D eigenvalue weighted by molar-refractivity contribution is -0.143. The Bertz CT molecular complexity index is 537. The Morgan fingerprint density at radius 1 is 1.32 bits per heavy atom. The molecule has 1 aromatic rings. The third-order valence-electron chi connectivity index (χ3n) is 4.23. The van der Waals surface area contributed by atoms with Crippen LogP contribution < -0.4 is 5.32 Å². The summed E-state index contributed by atoms with van der Waals surface area (Å²) in [5, 5.41) is 3.01. The fraction of sp³-hybridized carbons (Fsp3) is 0.556. The van der Waals surface area contributed by atoms with E-state index < -0.39 is 0 Å². The fourth-order valence-electron chi connectivity index (χ4n) is 3.17. The Hall–Kier alpha value is -1.84. The molecule has 0 spiro atoms. The second kappa shape index (κ2) is 6.95. The molecular formula is C18H26N2O2. The highest BCUT2D eigenvalue weighted by molar-refractivity contribution is 5.85. The maximum Gasteiger partial charge on any atom is 0.225 e. The smallest absolute Gasteiger partial charge is 0.225 e. The van der Waals surface area contributed by atoms with Gasteiger partial charge < -0.3 is 10.2 Å². The lowest BCUT2D eigenvalue weighted by Gasteiger charge is -2.40. The van der Waals surface area contributed by atoms with E-state index in [1.165, 1.54) is 5.56 Å². The summed E-state index contributed by atoms with van der Waals surface area (Å²) < 4.78 is 0. The van der Waals surface area contributed by atoms with Crippen LogP contribution in [-0.4, -0.2) is 29.3 Å². The number of hydrogen-bond acceptors (Lipinski definition) is 2. The minimum absolute atomic E-state index is 0.0477. The lowest BCUT2D eigenvalue weighted by Crippen LogP contribution is -2.49. The molecule has 0 aliphatic carbocycles. The van der Waals surface area contributed by atoms with Crippen LogP contribution in [0.15, 0.2) is 24.3 Å². The summed E-state index contributed by atoms with van der Waals surface area (Å²) in [6.45, 7) is 8.57. The van der Waals surface area contributed by atoms with Crippen molar-refractivity contribution in [3.8, 4) is 0 Å². The van der Waals surface area contributed by atoms with Gasteiger partial charge in [0, 0.05) is 19.0 Å². The van der Waals surface area contributed by atoms with Crippen LogP contribution in [0.3, 0.4) is 0 Å². The molecule has 1 fully saturated rings. The Morgan fingerprint density at radius 2 is 1.95 bits per heavy atom. The minimum atomic E-state index is -0.178. The molecule has 2 rings (SSSR count). The van der Waals surface area contributed by atoms with Gasteiger partial charge in [-0.05, 0) is 39.7 Å². The molecule has 2 atom stereocenters. The SMILES string of the molecule is CCN1C(=O)CC[C@@H](C(=O)NC(C)C)[C@@H]1c1ccc(C)cc1. The zero-order valence-electron chi connectivity index (χ0n) is 13.9. The summed E-state index contributed by atoms with van der Waals surface area (Å²) in [6.07, 6.45) is 1.07.